The van der Waals surface area contributed by atoms with Crippen LogP contribution in [0.3, 0.4) is 0 Å². The number of anilines is 1. The molecule has 9 heteroatoms. The minimum Gasteiger partial charge on any atom is -0.467 e. The molecule has 36 heavy (non-hydrogen) atoms. The van der Waals surface area contributed by atoms with E-state index in [4.69, 9.17) is 4.42 Å². The van der Waals surface area contributed by atoms with Gasteiger partial charge in [-0.15, -0.1) is 0 Å². The van der Waals surface area contributed by atoms with Crippen LogP contribution in [-0.2, 0) is 27.3 Å². The van der Waals surface area contributed by atoms with Crippen LogP contribution in [0.5, 0.6) is 0 Å². The highest BCUT2D eigenvalue weighted by Crippen LogP contribution is 2.34. The lowest BCUT2D eigenvalue weighted by Crippen LogP contribution is -2.63. The number of nitrogens with one attached hydrogen (secondary N) is 2. The second kappa shape index (κ2) is 11.9. The number of rotatable bonds is 10. The van der Waals surface area contributed by atoms with Crippen LogP contribution in [0, 0.1) is 5.92 Å². The van der Waals surface area contributed by atoms with E-state index in [1.54, 1.807) is 23.3 Å². The van der Waals surface area contributed by atoms with Gasteiger partial charge < -0.3 is 20.0 Å². The molecule has 2 atom stereocenters. The molecule has 1 aromatic heterocycles. The summed E-state index contributed by atoms with van der Waals surface area (Å²) >= 11 is 0. The number of imide groups is 1. The minimum atomic E-state index is -0.448. The van der Waals surface area contributed by atoms with Gasteiger partial charge in [-0.1, -0.05) is 31.9 Å². The van der Waals surface area contributed by atoms with Crippen LogP contribution < -0.4 is 10.6 Å². The van der Waals surface area contributed by atoms with Gasteiger partial charge in [0, 0.05) is 24.7 Å². The molecule has 0 radical (unpaired) electrons. The molecule has 0 spiro atoms. The Bertz CT molecular complexity index is 1070. The van der Waals surface area contributed by atoms with Crippen molar-refractivity contribution in [3.8, 4) is 0 Å². The standard InChI is InChI=1S/C27H34N4O5/c1-2-19-11-13-20(14-12-19)29-25(33)18-31-23-9-4-3-8-22(23)26(34)30(27(31)35)15-5-10-24(32)28-17-21-7-6-16-36-21/h6-7,11-14,16,22-23H,2-5,8-10,15,17-18H2,1H3,(H,28,32)(H,29,33). The molecule has 9 nitrogen and oxygen atoms in total. The van der Waals surface area contributed by atoms with Crippen molar-refractivity contribution in [1.29, 1.82) is 0 Å². The van der Waals surface area contributed by atoms with E-state index in [0.717, 1.165) is 19.3 Å². The molecule has 2 aliphatic rings. The van der Waals surface area contributed by atoms with Gasteiger partial charge in [0.1, 0.15) is 12.3 Å². The van der Waals surface area contributed by atoms with Crippen LogP contribution >= 0.6 is 0 Å². The maximum atomic E-state index is 13.4. The molecule has 1 aliphatic carbocycles. The number of nitrogens with zero attached hydrogens (tertiary/aromatic N) is 2. The molecule has 1 saturated heterocycles. The summed E-state index contributed by atoms with van der Waals surface area (Å²) in [5, 5.41) is 5.64. The molecule has 192 valence electrons. The first kappa shape index (κ1) is 25.5. The fourth-order valence-electron chi connectivity index (χ4n) is 5.02. The maximum Gasteiger partial charge on any atom is 0.327 e. The zero-order valence-corrected chi connectivity index (χ0v) is 20.7. The summed E-state index contributed by atoms with van der Waals surface area (Å²) in [6, 6.07) is 10.4. The van der Waals surface area contributed by atoms with E-state index in [-0.39, 0.29) is 49.2 Å². The largest absolute Gasteiger partial charge is 0.467 e. The van der Waals surface area contributed by atoms with Gasteiger partial charge in [0.2, 0.25) is 17.7 Å². The monoisotopic (exact) mass is 494 g/mol. The van der Waals surface area contributed by atoms with Crippen molar-refractivity contribution in [2.45, 2.75) is 64.5 Å². The van der Waals surface area contributed by atoms with Gasteiger partial charge in [0.25, 0.3) is 0 Å². The third-order valence-corrected chi connectivity index (χ3v) is 6.97. The van der Waals surface area contributed by atoms with Crippen LogP contribution in [0.1, 0.15) is 56.8 Å². The van der Waals surface area contributed by atoms with Crippen LogP contribution in [0.25, 0.3) is 0 Å². The maximum absolute atomic E-state index is 13.4. The van der Waals surface area contributed by atoms with Crippen molar-refractivity contribution >= 4 is 29.4 Å². The summed E-state index contributed by atoms with van der Waals surface area (Å²) in [5.74, 6) is -0.302. The first-order chi connectivity index (χ1) is 17.5. The van der Waals surface area contributed by atoms with Gasteiger partial charge in [0.05, 0.1) is 18.7 Å². The molecule has 1 saturated carbocycles. The predicted molar refractivity (Wildman–Crippen MR) is 134 cm³/mol. The van der Waals surface area contributed by atoms with Crippen LogP contribution in [0.15, 0.2) is 47.1 Å². The summed E-state index contributed by atoms with van der Waals surface area (Å²) in [4.78, 5) is 54.4. The first-order valence-electron chi connectivity index (χ1n) is 12.8. The Kier molecular flexibility index (Phi) is 8.40. The third kappa shape index (κ3) is 6.13. The molecule has 2 N–H and O–H groups in total. The molecule has 1 aliphatic heterocycles. The van der Waals surface area contributed by atoms with Crippen molar-refractivity contribution in [3.05, 3.63) is 54.0 Å². The Hall–Kier alpha value is -3.62. The Balaban J connectivity index is 1.35. The van der Waals surface area contributed by atoms with Gasteiger partial charge in [-0.2, -0.15) is 0 Å². The van der Waals surface area contributed by atoms with E-state index in [2.05, 4.69) is 17.6 Å². The molecule has 1 aromatic carbocycles. The van der Waals surface area contributed by atoms with Crippen LogP contribution in [-0.4, -0.2) is 52.7 Å². The zero-order valence-electron chi connectivity index (χ0n) is 20.7. The third-order valence-electron chi connectivity index (χ3n) is 6.97. The molecule has 2 aromatic rings. The fraction of sp³-hybridized carbons (Fsp3) is 0.481. The van der Waals surface area contributed by atoms with E-state index < -0.39 is 6.03 Å². The number of benzene rings is 1. The normalized spacial score (nSPS) is 19.7. The number of amides is 5. The highest BCUT2D eigenvalue weighted by molar-refractivity contribution is 6.01. The number of furan rings is 1. The van der Waals surface area contributed by atoms with Gasteiger partial charge in [-0.25, -0.2) is 4.79 Å². The first-order valence-corrected chi connectivity index (χ1v) is 12.8. The lowest BCUT2D eigenvalue weighted by Gasteiger charge is -2.46. The average Bonchev–Trinajstić information content (AvgIpc) is 3.41. The molecule has 4 rings (SSSR count). The summed E-state index contributed by atoms with van der Waals surface area (Å²) < 4.78 is 5.20. The second-order valence-electron chi connectivity index (χ2n) is 9.42. The Morgan fingerprint density at radius 2 is 1.83 bits per heavy atom. The van der Waals surface area contributed by atoms with Gasteiger partial charge in [0.15, 0.2) is 0 Å². The minimum absolute atomic E-state index is 0.108. The number of fused-ring (bicyclic) bond motifs is 1. The summed E-state index contributed by atoms with van der Waals surface area (Å²) in [5.41, 5.74) is 1.85. The summed E-state index contributed by atoms with van der Waals surface area (Å²) in [6.07, 6.45) is 6.25. The lowest BCUT2D eigenvalue weighted by molar-refractivity contribution is -0.142. The molecule has 5 amide bonds. The number of urea groups is 1. The molecule has 2 fully saturated rings. The molecular weight excluding hydrogens is 460 g/mol. The summed E-state index contributed by atoms with van der Waals surface area (Å²) in [6.45, 7) is 2.40. The SMILES string of the molecule is CCc1ccc(NC(=O)CN2C(=O)N(CCCC(=O)NCc3ccco3)C(=O)C3CCCCC32)cc1. The number of carbonyl (C=O) groups excluding carboxylic acids is 4. The highest BCUT2D eigenvalue weighted by atomic mass is 16.3. The molecule has 0 bridgehead atoms. The zero-order chi connectivity index (χ0) is 25.5. The number of aryl methyl sites for hydroxylation is 1. The van der Waals surface area contributed by atoms with Crippen LogP contribution in [0.4, 0.5) is 10.5 Å². The smallest absolute Gasteiger partial charge is 0.327 e. The number of carbonyl (C=O) groups is 4. The van der Waals surface area contributed by atoms with Crippen molar-refractivity contribution in [2.24, 2.45) is 5.92 Å². The van der Waals surface area contributed by atoms with Crippen molar-refractivity contribution in [3.63, 3.8) is 0 Å². The topological polar surface area (TPSA) is 112 Å². The predicted octanol–water partition coefficient (Wildman–Crippen LogP) is 3.70. The van der Waals surface area contributed by atoms with Crippen molar-refractivity contribution < 1.29 is 23.6 Å². The van der Waals surface area contributed by atoms with Gasteiger partial charge >= 0.3 is 6.03 Å². The number of hydrogen-bond donors (Lipinski definition) is 2. The summed E-state index contributed by atoms with van der Waals surface area (Å²) in [7, 11) is 0. The molecule has 2 unspecified atom stereocenters. The molecule has 2 heterocycles. The van der Waals surface area contributed by atoms with Crippen LogP contribution in [0.2, 0.25) is 0 Å². The number of hydrogen-bond acceptors (Lipinski definition) is 5. The Morgan fingerprint density at radius 1 is 1.06 bits per heavy atom. The Morgan fingerprint density at radius 3 is 2.56 bits per heavy atom. The van der Waals surface area contributed by atoms with Crippen molar-refractivity contribution in [2.75, 3.05) is 18.4 Å². The van der Waals surface area contributed by atoms with E-state index in [1.807, 2.05) is 24.3 Å². The fourth-order valence-corrected chi connectivity index (χ4v) is 5.02. The van der Waals surface area contributed by atoms with E-state index in [9.17, 15) is 19.2 Å². The van der Waals surface area contributed by atoms with Gasteiger partial charge in [-0.3, -0.25) is 19.3 Å². The van der Waals surface area contributed by atoms with E-state index in [1.165, 1.54) is 10.5 Å². The Labute approximate surface area is 211 Å². The quantitative estimate of drug-likeness (QED) is 0.523. The van der Waals surface area contributed by atoms with E-state index in [0.29, 0.717) is 37.3 Å². The molecular formula is C27H34N4O5. The second-order valence-corrected chi connectivity index (χ2v) is 9.42. The van der Waals surface area contributed by atoms with E-state index >= 15 is 0 Å². The van der Waals surface area contributed by atoms with Crippen molar-refractivity contribution in [1.82, 2.24) is 15.1 Å². The average molecular weight is 495 g/mol. The highest BCUT2D eigenvalue weighted by Gasteiger charge is 2.47. The lowest BCUT2D eigenvalue weighted by atomic mass is 9.81. The van der Waals surface area contributed by atoms with Gasteiger partial charge in [-0.05, 0) is 55.5 Å².